The second-order valence-electron chi connectivity index (χ2n) is 8.14. The fourth-order valence-corrected chi connectivity index (χ4v) is 4.09. The molecular weight excluding hydrogens is 388 g/mol. The van der Waals surface area contributed by atoms with E-state index in [1.54, 1.807) is 6.20 Å². The number of ether oxygens (including phenoxy) is 2. The molecule has 3 heterocycles. The Balaban J connectivity index is 1.41. The lowest BCUT2D eigenvalue weighted by Crippen LogP contribution is -2.32. The zero-order valence-electron chi connectivity index (χ0n) is 17.5. The van der Waals surface area contributed by atoms with Crippen LogP contribution in [0.2, 0.25) is 0 Å². The van der Waals surface area contributed by atoms with Crippen LogP contribution in [0.3, 0.4) is 0 Å². The minimum Gasteiger partial charge on any atom is -0.504 e. The summed E-state index contributed by atoms with van der Waals surface area (Å²) >= 11 is 0. The lowest BCUT2D eigenvalue weighted by atomic mass is 9.98. The van der Waals surface area contributed by atoms with Crippen LogP contribution in [0, 0.1) is 12.5 Å². The number of rotatable bonds is 5. The molecule has 6 nitrogen and oxygen atoms in total. The summed E-state index contributed by atoms with van der Waals surface area (Å²) in [5.74, 6) is 2.54. The first kappa shape index (κ1) is 19.4. The van der Waals surface area contributed by atoms with Crippen molar-refractivity contribution in [3.63, 3.8) is 0 Å². The number of likely N-dealkylation sites (tertiary alicyclic amines) is 1. The molecule has 0 saturated carbocycles. The van der Waals surface area contributed by atoms with Crippen LogP contribution >= 0.6 is 0 Å². The number of nitrogens with one attached hydrogen (secondary N) is 1. The minimum atomic E-state index is 0.486. The van der Waals surface area contributed by atoms with Crippen molar-refractivity contribution in [1.82, 2.24) is 14.9 Å². The number of H-pyrrole nitrogens is 1. The van der Waals surface area contributed by atoms with Crippen LogP contribution in [0.25, 0.3) is 26.7 Å². The van der Waals surface area contributed by atoms with Gasteiger partial charge in [0, 0.05) is 28.7 Å². The molecule has 0 unspecified atom stereocenters. The third kappa shape index (κ3) is 4.05. The van der Waals surface area contributed by atoms with Crippen LogP contribution < -0.4 is 9.47 Å². The summed E-state index contributed by atoms with van der Waals surface area (Å²) in [5, 5.41) is 1.89. The van der Waals surface area contributed by atoms with Gasteiger partial charge in [-0.25, -0.2) is 4.85 Å². The van der Waals surface area contributed by atoms with Crippen molar-refractivity contribution in [3.05, 3.63) is 66.3 Å². The number of aromatic amines is 1. The second-order valence-corrected chi connectivity index (χ2v) is 8.14. The molecule has 2 aromatic carbocycles. The number of benzene rings is 2. The lowest BCUT2D eigenvalue weighted by molar-refractivity contribution is 0.160. The van der Waals surface area contributed by atoms with Crippen LogP contribution in [-0.4, -0.2) is 41.6 Å². The summed E-state index contributed by atoms with van der Waals surface area (Å²) in [5.41, 5.74) is 2.30. The van der Waals surface area contributed by atoms with Crippen LogP contribution in [-0.2, 0) is 0 Å². The molecule has 0 amide bonds. The molecule has 5 rings (SSSR count). The molecule has 0 aliphatic carbocycles. The van der Waals surface area contributed by atoms with Crippen molar-refractivity contribution in [3.8, 4) is 17.2 Å². The predicted octanol–water partition coefficient (Wildman–Crippen LogP) is 5.78. The van der Waals surface area contributed by atoms with Gasteiger partial charge in [0.15, 0.2) is 0 Å². The van der Waals surface area contributed by atoms with E-state index in [9.17, 15) is 0 Å². The van der Waals surface area contributed by atoms with Crippen molar-refractivity contribution in [2.24, 2.45) is 5.92 Å². The minimum absolute atomic E-state index is 0.486. The third-order valence-corrected chi connectivity index (χ3v) is 5.97. The second kappa shape index (κ2) is 8.29. The molecule has 0 radical (unpaired) electrons. The fourth-order valence-electron chi connectivity index (χ4n) is 4.09. The summed E-state index contributed by atoms with van der Waals surface area (Å²) in [7, 11) is 2.15. The average molecular weight is 412 g/mol. The maximum absolute atomic E-state index is 7.65. The molecule has 1 N–H and O–H groups in total. The van der Waals surface area contributed by atoms with Gasteiger partial charge < -0.3 is 19.4 Å². The molecule has 0 bridgehead atoms. The SMILES string of the molecule is [C-]#[N+]c1cc2c(Oc3ccc4[nH]ccc4c3)ccnc2cc1OCC1CCN(C)CC1. The summed E-state index contributed by atoms with van der Waals surface area (Å²) in [6.07, 6.45) is 5.88. The summed E-state index contributed by atoms with van der Waals surface area (Å²) in [4.78, 5) is 13.7. The number of hydrogen-bond donors (Lipinski definition) is 1. The largest absolute Gasteiger partial charge is 0.504 e. The predicted molar refractivity (Wildman–Crippen MR) is 122 cm³/mol. The molecule has 0 atom stereocenters. The highest BCUT2D eigenvalue weighted by atomic mass is 16.5. The van der Waals surface area contributed by atoms with E-state index < -0.39 is 0 Å². The van der Waals surface area contributed by atoms with Crippen LogP contribution in [0.1, 0.15) is 12.8 Å². The van der Waals surface area contributed by atoms with Gasteiger partial charge in [-0.3, -0.25) is 4.98 Å². The first-order chi connectivity index (χ1) is 15.2. The van der Waals surface area contributed by atoms with Gasteiger partial charge in [-0.2, -0.15) is 0 Å². The maximum atomic E-state index is 7.65. The molecule has 6 heteroatoms. The van der Waals surface area contributed by atoms with E-state index in [4.69, 9.17) is 16.0 Å². The first-order valence-electron chi connectivity index (χ1n) is 10.6. The molecule has 2 aromatic heterocycles. The Morgan fingerprint density at radius 3 is 2.84 bits per heavy atom. The van der Waals surface area contributed by atoms with Gasteiger partial charge in [-0.05, 0) is 81.4 Å². The van der Waals surface area contributed by atoms with Crippen molar-refractivity contribution in [2.45, 2.75) is 12.8 Å². The van der Waals surface area contributed by atoms with E-state index >= 15 is 0 Å². The van der Waals surface area contributed by atoms with Gasteiger partial charge >= 0.3 is 0 Å². The average Bonchev–Trinajstić information content (AvgIpc) is 3.26. The zero-order chi connectivity index (χ0) is 21.2. The number of fused-ring (bicyclic) bond motifs is 2. The van der Waals surface area contributed by atoms with Crippen LogP contribution in [0.15, 0.2) is 54.9 Å². The van der Waals surface area contributed by atoms with Crippen LogP contribution in [0.4, 0.5) is 5.69 Å². The van der Waals surface area contributed by atoms with Gasteiger partial charge in [0.05, 0.1) is 18.7 Å². The monoisotopic (exact) mass is 412 g/mol. The first-order valence-corrected chi connectivity index (χ1v) is 10.6. The molecule has 156 valence electrons. The summed E-state index contributed by atoms with van der Waals surface area (Å²) < 4.78 is 12.3. The van der Waals surface area contributed by atoms with E-state index in [1.165, 1.54) is 0 Å². The molecule has 31 heavy (non-hydrogen) atoms. The fraction of sp³-hybridized carbons (Fsp3) is 0.280. The van der Waals surface area contributed by atoms with Gasteiger partial charge in [-0.1, -0.05) is 0 Å². The van der Waals surface area contributed by atoms with Crippen molar-refractivity contribution >= 4 is 27.5 Å². The highest BCUT2D eigenvalue weighted by Crippen LogP contribution is 2.38. The Morgan fingerprint density at radius 2 is 2.00 bits per heavy atom. The Morgan fingerprint density at radius 1 is 1.13 bits per heavy atom. The maximum Gasteiger partial charge on any atom is 0.229 e. The Hall–Kier alpha value is -3.56. The quantitative estimate of drug-likeness (QED) is 0.422. The lowest BCUT2D eigenvalue weighted by Gasteiger charge is -2.28. The highest BCUT2D eigenvalue weighted by Gasteiger charge is 2.18. The van der Waals surface area contributed by atoms with E-state index in [0.717, 1.165) is 53.5 Å². The van der Waals surface area contributed by atoms with Gasteiger partial charge in [0.2, 0.25) is 5.69 Å². The summed E-state index contributed by atoms with van der Waals surface area (Å²) in [6, 6.07) is 13.4. The Bertz CT molecular complexity index is 1270. The molecule has 1 saturated heterocycles. The highest BCUT2D eigenvalue weighted by molar-refractivity contribution is 5.91. The number of hydrogen-bond acceptors (Lipinski definition) is 4. The topological polar surface area (TPSA) is 54.7 Å². The number of piperidine rings is 1. The van der Waals surface area contributed by atoms with Gasteiger partial charge in [-0.15, -0.1) is 0 Å². The zero-order valence-corrected chi connectivity index (χ0v) is 17.5. The third-order valence-electron chi connectivity index (χ3n) is 5.97. The Labute approximate surface area is 181 Å². The van der Waals surface area contributed by atoms with E-state index in [2.05, 4.69) is 26.8 Å². The molecule has 1 aliphatic rings. The van der Waals surface area contributed by atoms with E-state index in [1.807, 2.05) is 48.7 Å². The molecule has 4 aromatic rings. The molecule has 1 aliphatic heterocycles. The molecular formula is C25H24N4O2. The van der Waals surface area contributed by atoms with Crippen molar-refractivity contribution in [2.75, 3.05) is 26.7 Å². The summed E-state index contributed by atoms with van der Waals surface area (Å²) in [6.45, 7) is 10.5. The van der Waals surface area contributed by atoms with E-state index in [-0.39, 0.29) is 0 Å². The smallest absolute Gasteiger partial charge is 0.229 e. The number of aromatic nitrogens is 2. The standard InChI is InChI=1S/C25H24N4O2/c1-26-23-14-20-22(15-25(23)30-16-17-7-11-29(2)12-8-17)28-10-6-24(20)31-19-3-4-21-18(13-19)5-9-27-21/h3-6,9-10,13-15,17,27H,7-8,11-12,16H2,2H3. The number of nitrogens with zero attached hydrogens (tertiary/aromatic N) is 3. The van der Waals surface area contributed by atoms with Crippen LogP contribution in [0.5, 0.6) is 17.2 Å². The van der Waals surface area contributed by atoms with Gasteiger partial charge in [0.25, 0.3) is 0 Å². The van der Waals surface area contributed by atoms with E-state index in [0.29, 0.717) is 29.7 Å². The normalized spacial score (nSPS) is 15.2. The van der Waals surface area contributed by atoms with Crippen molar-refractivity contribution in [1.29, 1.82) is 0 Å². The van der Waals surface area contributed by atoms with Gasteiger partial charge in [0.1, 0.15) is 17.2 Å². The molecule has 1 fully saturated rings. The molecule has 0 spiro atoms. The Kier molecular flexibility index (Phi) is 5.19. The van der Waals surface area contributed by atoms with Crippen molar-refractivity contribution < 1.29 is 9.47 Å². The number of pyridine rings is 1.